The van der Waals surface area contributed by atoms with Gasteiger partial charge in [-0.1, -0.05) is 58.4 Å². The van der Waals surface area contributed by atoms with Crippen molar-refractivity contribution in [2.75, 3.05) is 13.7 Å². The molecule has 1 aliphatic heterocycles. The third-order valence-electron chi connectivity index (χ3n) is 5.83. The highest BCUT2D eigenvalue weighted by molar-refractivity contribution is 8.00. The van der Waals surface area contributed by atoms with Crippen LogP contribution in [0.3, 0.4) is 0 Å². The lowest BCUT2D eigenvalue weighted by Gasteiger charge is -2.27. The predicted octanol–water partition coefficient (Wildman–Crippen LogP) is 7.63. The first-order chi connectivity index (χ1) is 15.6. The minimum absolute atomic E-state index is 0.0525. The summed E-state index contributed by atoms with van der Waals surface area (Å²) >= 11 is 8.06. The minimum atomic E-state index is -0.174. The molecule has 33 heavy (non-hydrogen) atoms. The van der Waals surface area contributed by atoms with E-state index in [-0.39, 0.29) is 10.2 Å². The SMILES string of the molecule is COc1ccc2c(c1)c(SC(C)(C)C)c(CC(C)(C)C1=NN=NC1)n2Cc1ccc(Cl)cc1. The molecule has 0 unspecified atom stereocenters. The number of aromatic nitrogens is 1. The number of hydrogen-bond donors (Lipinski definition) is 0. The van der Waals surface area contributed by atoms with Crippen LogP contribution in [0.25, 0.3) is 10.9 Å². The summed E-state index contributed by atoms with van der Waals surface area (Å²) in [7, 11) is 1.72. The summed E-state index contributed by atoms with van der Waals surface area (Å²) in [4.78, 5) is 1.30. The summed E-state index contributed by atoms with van der Waals surface area (Å²) in [5.41, 5.74) is 4.56. The van der Waals surface area contributed by atoms with Gasteiger partial charge in [-0.25, -0.2) is 0 Å². The highest BCUT2D eigenvalue weighted by Crippen LogP contribution is 2.44. The molecule has 0 radical (unpaired) electrons. The highest BCUT2D eigenvalue weighted by Gasteiger charge is 2.32. The van der Waals surface area contributed by atoms with Crippen molar-refractivity contribution in [3.05, 3.63) is 58.7 Å². The van der Waals surface area contributed by atoms with Crippen molar-refractivity contribution in [3.63, 3.8) is 0 Å². The molecular weight excluding hydrogens is 452 g/mol. The molecule has 0 saturated heterocycles. The number of thioether (sulfide) groups is 1. The van der Waals surface area contributed by atoms with Gasteiger partial charge in [-0.3, -0.25) is 0 Å². The van der Waals surface area contributed by atoms with E-state index in [4.69, 9.17) is 16.3 Å². The van der Waals surface area contributed by atoms with E-state index in [0.717, 1.165) is 29.4 Å². The lowest BCUT2D eigenvalue weighted by molar-refractivity contribution is 0.415. The molecule has 7 heteroatoms. The number of methoxy groups -OCH3 is 1. The molecule has 0 bridgehead atoms. The van der Waals surface area contributed by atoms with Crippen LogP contribution in [-0.4, -0.2) is 28.7 Å². The number of benzene rings is 2. The normalized spacial score (nSPS) is 14.2. The van der Waals surface area contributed by atoms with Crippen LogP contribution in [-0.2, 0) is 13.0 Å². The van der Waals surface area contributed by atoms with Gasteiger partial charge in [-0.2, -0.15) is 5.11 Å². The van der Waals surface area contributed by atoms with Crippen molar-refractivity contribution in [1.29, 1.82) is 0 Å². The standard InChI is InChI=1S/C26H31ClN4OS/c1-25(2,3)33-24-20-13-19(32-6)11-12-21(20)31(16-17-7-9-18(27)10-8-17)22(24)14-26(4,5)23-15-28-30-29-23/h7-13H,14-16H2,1-6H3. The summed E-state index contributed by atoms with van der Waals surface area (Å²) in [6.45, 7) is 12.6. The zero-order chi connectivity index (χ0) is 23.8. The average Bonchev–Trinajstić information content (AvgIpc) is 3.38. The summed E-state index contributed by atoms with van der Waals surface area (Å²) in [6.07, 6.45) is 0.833. The number of hydrogen-bond acceptors (Lipinski definition) is 5. The van der Waals surface area contributed by atoms with Crippen molar-refractivity contribution < 1.29 is 4.74 Å². The molecule has 0 spiro atoms. The second-order valence-electron chi connectivity index (χ2n) is 10.1. The summed E-state index contributed by atoms with van der Waals surface area (Å²) in [6, 6.07) is 14.5. The Balaban J connectivity index is 1.91. The van der Waals surface area contributed by atoms with E-state index in [1.165, 1.54) is 27.1 Å². The van der Waals surface area contributed by atoms with E-state index in [1.807, 2.05) is 30.0 Å². The van der Waals surface area contributed by atoms with Crippen molar-refractivity contribution >= 4 is 40.0 Å². The smallest absolute Gasteiger partial charge is 0.119 e. The maximum Gasteiger partial charge on any atom is 0.119 e. The fourth-order valence-electron chi connectivity index (χ4n) is 4.12. The molecular formula is C26H31ClN4OS. The van der Waals surface area contributed by atoms with Crippen LogP contribution in [0.2, 0.25) is 5.02 Å². The maximum atomic E-state index is 6.16. The molecule has 174 valence electrons. The molecule has 3 aromatic rings. The molecule has 0 saturated carbocycles. The number of ether oxygens (including phenoxy) is 1. The summed E-state index contributed by atoms with van der Waals surface area (Å²) < 4.78 is 8.09. The molecule has 0 fully saturated rings. The Kier molecular flexibility index (Phi) is 6.61. The second-order valence-corrected chi connectivity index (χ2v) is 12.4. The predicted molar refractivity (Wildman–Crippen MR) is 139 cm³/mol. The van der Waals surface area contributed by atoms with Crippen LogP contribution < -0.4 is 4.74 Å². The lowest BCUT2D eigenvalue weighted by atomic mass is 9.82. The Hall–Kier alpha value is -2.31. The van der Waals surface area contributed by atoms with Crippen LogP contribution in [0.4, 0.5) is 0 Å². The molecule has 0 N–H and O–H groups in total. The monoisotopic (exact) mass is 482 g/mol. The van der Waals surface area contributed by atoms with Crippen molar-refractivity contribution in [1.82, 2.24) is 4.57 Å². The van der Waals surface area contributed by atoms with Crippen LogP contribution >= 0.6 is 23.4 Å². The quantitative estimate of drug-likeness (QED) is 0.325. The van der Waals surface area contributed by atoms with E-state index in [9.17, 15) is 0 Å². The molecule has 5 nitrogen and oxygen atoms in total. The minimum Gasteiger partial charge on any atom is -0.497 e. The fourth-order valence-corrected chi connectivity index (χ4v) is 5.43. The molecule has 2 aromatic carbocycles. The summed E-state index contributed by atoms with van der Waals surface area (Å²) in [5.74, 6) is 0.866. The van der Waals surface area contributed by atoms with Gasteiger partial charge in [0.05, 0.1) is 12.8 Å². The first kappa shape index (κ1) is 23.8. The van der Waals surface area contributed by atoms with E-state index in [1.54, 1.807) is 7.11 Å². The Morgan fingerprint density at radius 3 is 2.39 bits per heavy atom. The zero-order valence-corrected chi connectivity index (χ0v) is 21.7. The van der Waals surface area contributed by atoms with E-state index >= 15 is 0 Å². The largest absolute Gasteiger partial charge is 0.497 e. The van der Waals surface area contributed by atoms with Gasteiger partial charge in [0.15, 0.2) is 0 Å². The zero-order valence-electron chi connectivity index (χ0n) is 20.1. The van der Waals surface area contributed by atoms with Crippen molar-refractivity contribution in [2.45, 2.75) is 57.2 Å². The van der Waals surface area contributed by atoms with Gasteiger partial charge in [0.2, 0.25) is 0 Å². The molecule has 1 aliphatic rings. The number of nitrogens with zero attached hydrogens (tertiary/aromatic N) is 4. The van der Waals surface area contributed by atoms with Gasteiger partial charge < -0.3 is 9.30 Å². The molecule has 1 aromatic heterocycles. The number of halogens is 1. The van der Waals surface area contributed by atoms with E-state index in [2.05, 4.69) is 78.9 Å². The van der Waals surface area contributed by atoms with Gasteiger partial charge in [-0.05, 0) is 47.5 Å². The first-order valence-electron chi connectivity index (χ1n) is 11.1. The molecule has 0 atom stereocenters. The molecule has 2 heterocycles. The maximum absolute atomic E-state index is 6.16. The Labute approximate surface area is 205 Å². The van der Waals surface area contributed by atoms with Gasteiger partial charge in [0.25, 0.3) is 0 Å². The third kappa shape index (κ3) is 5.28. The lowest BCUT2D eigenvalue weighted by Crippen LogP contribution is -2.29. The van der Waals surface area contributed by atoms with E-state index < -0.39 is 0 Å². The number of rotatable bonds is 7. The van der Waals surface area contributed by atoms with Crippen LogP contribution in [0.5, 0.6) is 5.75 Å². The summed E-state index contributed by atoms with van der Waals surface area (Å²) in [5, 5.41) is 14.3. The van der Waals surface area contributed by atoms with Gasteiger partial charge in [-0.15, -0.1) is 16.9 Å². The van der Waals surface area contributed by atoms with E-state index in [0.29, 0.717) is 6.54 Å². The van der Waals surface area contributed by atoms with Crippen molar-refractivity contribution in [2.24, 2.45) is 20.9 Å². The first-order valence-corrected chi connectivity index (χ1v) is 12.3. The van der Waals surface area contributed by atoms with Crippen LogP contribution in [0, 0.1) is 5.41 Å². The fraction of sp³-hybridized carbons (Fsp3) is 0.423. The molecule has 0 amide bonds. The Morgan fingerprint density at radius 1 is 1.06 bits per heavy atom. The average molecular weight is 483 g/mol. The van der Waals surface area contributed by atoms with Gasteiger partial charge in [0.1, 0.15) is 12.3 Å². The Bertz CT molecular complexity index is 1220. The van der Waals surface area contributed by atoms with Crippen LogP contribution in [0.1, 0.15) is 45.9 Å². The van der Waals surface area contributed by atoms with Crippen molar-refractivity contribution in [3.8, 4) is 5.75 Å². The molecule has 4 rings (SSSR count). The Morgan fingerprint density at radius 2 is 1.79 bits per heavy atom. The van der Waals surface area contributed by atoms with Gasteiger partial charge in [0, 0.05) is 43.2 Å². The van der Waals surface area contributed by atoms with Crippen LogP contribution in [0.15, 0.2) is 62.8 Å². The molecule has 0 aliphatic carbocycles. The topological polar surface area (TPSA) is 51.2 Å². The second kappa shape index (κ2) is 9.15. The third-order valence-corrected chi connectivity index (χ3v) is 7.35. The number of fused-ring (bicyclic) bond motifs is 1. The van der Waals surface area contributed by atoms with Gasteiger partial charge >= 0.3 is 0 Å². The highest BCUT2D eigenvalue weighted by atomic mass is 35.5.